The van der Waals surface area contributed by atoms with E-state index in [2.05, 4.69) is 6.92 Å². The van der Waals surface area contributed by atoms with Crippen LogP contribution in [0.4, 0.5) is 13.2 Å². The smallest absolute Gasteiger partial charge is 0.161 e. The molecular weight excluding hydrogens is 381 g/mol. The Bertz CT molecular complexity index is 665. The summed E-state index contributed by atoms with van der Waals surface area (Å²) in [4.78, 5) is 0. The lowest BCUT2D eigenvalue weighted by Crippen LogP contribution is -2.15. The van der Waals surface area contributed by atoms with Crippen LogP contribution in [0.25, 0.3) is 5.83 Å². The Morgan fingerprint density at radius 2 is 1.40 bits per heavy atom. The lowest BCUT2D eigenvalue weighted by Gasteiger charge is -2.30. The topological polar surface area (TPSA) is 0 Å². The zero-order valence-electron chi connectivity index (χ0n) is 18.7. The molecule has 0 amide bonds. The molecule has 30 heavy (non-hydrogen) atoms. The molecule has 0 unspecified atom stereocenters. The van der Waals surface area contributed by atoms with Crippen molar-refractivity contribution in [3.63, 3.8) is 0 Å². The molecule has 0 spiro atoms. The SMILES string of the molecule is CCCC1CCC(CCCCC2CCC(c3ccc(/C(F)=C\F)c(F)c3)CC2)CC1. The Balaban J connectivity index is 1.33. The fourth-order valence-electron chi connectivity index (χ4n) is 5.91. The van der Waals surface area contributed by atoms with Crippen LogP contribution < -0.4 is 0 Å². The second kappa shape index (κ2) is 12.0. The molecule has 2 saturated carbocycles. The molecule has 0 aromatic heterocycles. The molecule has 2 aliphatic rings. The van der Waals surface area contributed by atoms with Gasteiger partial charge in [-0.2, -0.15) is 0 Å². The van der Waals surface area contributed by atoms with Gasteiger partial charge in [-0.15, -0.1) is 0 Å². The first-order chi connectivity index (χ1) is 14.6. The monoisotopic (exact) mass is 420 g/mol. The van der Waals surface area contributed by atoms with Crippen molar-refractivity contribution in [1.82, 2.24) is 0 Å². The summed E-state index contributed by atoms with van der Waals surface area (Å²) < 4.78 is 39.7. The van der Waals surface area contributed by atoms with Gasteiger partial charge in [0.25, 0.3) is 0 Å². The van der Waals surface area contributed by atoms with Gasteiger partial charge in [0.2, 0.25) is 0 Å². The van der Waals surface area contributed by atoms with E-state index >= 15 is 0 Å². The fraction of sp³-hybridized carbons (Fsp3) is 0.704. The number of hydrogen-bond donors (Lipinski definition) is 0. The fourth-order valence-corrected chi connectivity index (χ4v) is 5.91. The molecule has 1 aromatic rings. The van der Waals surface area contributed by atoms with Crippen LogP contribution in [-0.4, -0.2) is 0 Å². The predicted molar refractivity (Wildman–Crippen MR) is 120 cm³/mol. The molecule has 3 rings (SSSR count). The summed E-state index contributed by atoms with van der Waals surface area (Å²) >= 11 is 0. The Hall–Kier alpha value is -1.25. The summed E-state index contributed by atoms with van der Waals surface area (Å²) in [6.45, 7) is 2.31. The second-order valence-corrected chi connectivity index (χ2v) is 9.87. The molecule has 3 heteroatoms. The highest BCUT2D eigenvalue weighted by Crippen LogP contribution is 2.39. The number of benzene rings is 1. The maximum absolute atomic E-state index is 14.1. The minimum Gasteiger partial charge on any atom is -0.212 e. The van der Waals surface area contributed by atoms with Crippen LogP contribution >= 0.6 is 0 Å². The largest absolute Gasteiger partial charge is 0.212 e. The molecule has 0 N–H and O–H groups in total. The van der Waals surface area contributed by atoms with Gasteiger partial charge in [-0.3, -0.25) is 0 Å². The number of hydrogen-bond acceptors (Lipinski definition) is 0. The first-order valence-electron chi connectivity index (χ1n) is 12.4. The van der Waals surface area contributed by atoms with Crippen molar-refractivity contribution in [3.05, 3.63) is 41.5 Å². The molecule has 0 aliphatic heterocycles. The molecule has 1 aromatic carbocycles. The van der Waals surface area contributed by atoms with E-state index in [4.69, 9.17) is 0 Å². The van der Waals surface area contributed by atoms with Crippen LogP contribution in [0.3, 0.4) is 0 Å². The Morgan fingerprint density at radius 3 is 1.90 bits per heavy atom. The Morgan fingerprint density at radius 1 is 0.867 bits per heavy atom. The third-order valence-corrected chi connectivity index (χ3v) is 7.80. The summed E-state index contributed by atoms with van der Waals surface area (Å²) in [5, 5.41) is 0. The second-order valence-electron chi connectivity index (χ2n) is 9.87. The zero-order valence-corrected chi connectivity index (χ0v) is 18.7. The average molecular weight is 421 g/mol. The molecule has 0 atom stereocenters. The van der Waals surface area contributed by atoms with Crippen molar-refractivity contribution in [2.45, 2.75) is 103 Å². The van der Waals surface area contributed by atoms with Crippen LogP contribution in [0, 0.1) is 23.6 Å². The molecule has 2 aliphatic carbocycles. The molecular formula is C27H39F3. The lowest BCUT2D eigenvalue weighted by atomic mass is 9.76. The summed E-state index contributed by atoms with van der Waals surface area (Å²) in [5.41, 5.74) is 0.647. The normalized spacial score (nSPS) is 27.9. The third-order valence-electron chi connectivity index (χ3n) is 7.80. The van der Waals surface area contributed by atoms with Crippen LogP contribution in [0.5, 0.6) is 0 Å². The van der Waals surface area contributed by atoms with E-state index < -0.39 is 11.6 Å². The van der Waals surface area contributed by atoms with E-state index in [-0.39, 0.29) is 11.9 Å². The summed E-state index contributed by atoms with van der Waals surface area (Å²) in [5.74, 6) is 1.33. The first-order valence-corrected chi connectivity index (χ1v) is 12.4. The maximum atomic E-state index is 14.1. The predicted octanol–water partition coefficient (Wildman–Crippen LogP) is 9.50. The number of halogens is 3. The number of unbranched alkanes of at least 4 members (excludes halogenated alkanes) is 1. The summed E-state index contributed by atoms with van der Waals surface area (Å²) in [6, 6.07) is 4.54. The molecule has 0 saturated heterocycles. The molecule has 0 heterocycles. The van der Waals surface area contributed by atoms with E-state index in [9.17, 15) is 13.2 Å². The maximum Gasteiger partial charge on any atom is 0.161 e. The first kappa shape index (κ1) is 23.4. The standard InChI is InChI=1S/C27H39F3/c1-2-5-20-8-10-21(11-9-20)6-3-4-7-22-12-14-23(15-13-22)24-16-17-25(26(29)18-24)27(30)19-28/h16-23H,2-15H2,1H3/b27-19+. The van der Waals surface area contributed by atoms with Crippen molar-refractivity contribution in [3.8, 4) is 0 Å². The van der Waals surface area contributed by atoms with E-state index in [1.54, 1.807) is 6.07 Å². The van der Waals surface area contributed by atoms with E-state index in [0.29, 0.717) is 5.92 Å². The van der Waals surface area contributed by atoms with Gasteiger partial charge in [0.15, 0.2) is 5.83 Å². The highest BCUT2D eigenvalue weighted by atomic mass is 19.2. The van der Waals surface area contributed by atoms with Crippen LogP contribution in [0.15, 0.2) is 24.5 Å². The van der Waals surface area contributed by atoms with Crippen LogP contribution in [0.2, 0.25) is 0 Å². The van der Waals surface area contributed by atoms with Crippen molar-refractivity contribution in [1.29, 1.82) is 0 Å². The van der Waals surface area contributed by atoms with Crippen molar-refractivity contribution >= 4 is 5.83 Å². The highest BCUT2D eigenvalue weighted by Gasteiger charge is 2.24. The van der Waals surface area contributed by atoms with Crippen LogP contribution in [-0.2, 0) is 0 Å². The van der Waals surface area contributed by atoms with Crippen molar-refractivity contribution < 1.29 is 13.2 Å². The minimum atomic E-state index is -1.14. The van der Waals surface area contributed by atoms with Gasteiger partial charge in [-0.25, -0.2) is 13.2 Å². The summed E-state index contributed by atoms with van der Waals surface area (Å²) in [6.07, 6.45) is 18.5. The molecule has 2 fully saturated rings. The third kappa shape index (κ3) is 6.62. The highest BCUT2D eigenvalue weighted by molar-refractivity contribution is 5.58. The van der Waals surface area contributed by atoms with Gasteiger partial charge < -0.3 is 0 Å². The van der Waals surface area contributed by atoms with Crippen molar-refractivity contribution in [2.24, 2.45) is 17.8 Å². The quantitative estimate of drug-likeness (QED) is 0.349. The number of rotatable bonds is 9. The molecule has 0 bridgehead atoms. The van der Waals surface area contributed by atoms with Gasteiger partial charge in [0.1, 0.15) is 12.1 Å². The van der Waals surface area contributed by atoms with Gasteiger partial charge in [-0.1, -0.05) is 77.2 Å². The van der Waals surface area contributed by atoms with E-state index in [1.165, 1.54) is 89.2 Å². The minimum absolute atomic E-state index is 0.180. The average Bonchev–Trinajstić information content (AvgIpc) is 2.78. The molecule has 0 nitrogen and oxygen atoms in total. The van der Waals surface area contributed by atoms with E-state index in [0.717, 1.165) is 36.2 Å². The van der Waals surface area contributed by atoms with Gasteiger partial charge in [-0.05, 0) is 67.1 Å². The van der Waals surface area contributed by atoms with Crippen molar-refractivity contribution in [2.75, 3.05) is 0 Å². The van der Waals surface area contributed by atoms with Gasteiger partial charge >= 0.3 is 0 Å². The molecule has 168 valence electrons. The van der Waals surface area contributed by atoms with Crippen LogP contribution in [0.1, 0.15) is 114 Å². The Labute approximate surface area is 181 Å². The summed E-state index contributed by atoms with van der Waals surface area (Å²) in [7, 11) is 0. The van der Waals surface area contributed by atoms with E-state index in [1.807, 2.05) is 0 Å². The Kier molecular flexibility index (Phi) is 9.33. The molecule has 0 radical (unpaired) electrons. The van der Waals surface area contributed by atoms with Gasteiger partial charge in [0.05, 0.1) is 0 Å². The van der Waals surface area contributed by atoms with Gasteiger partial charge in [0, 0.05) is 5.56 Å². The zero-order chi connectivity index (χ0) is 21.3. The lowest BCUT2D eigenvalue weighted by molar-refractivity contribution is 0.243.